The third-order valence-electron chi connectivity index (χ3n) is 4.23. The lowest BCUT2D eigenvalue weighted by Crippen LogP contribution is -2.52. The van der Waals surface area contributed by atoms with Gasteiger partial charge in [-0.25, -0.2) is 4.39 Å². The summed E-state index contributed by atoms with van der Waals surface area (Å²) >= 11 is 6.26. The zero-order chi connectivity index (χ0) is 20.9. The number of carbonyl (C=O) groups excluding carboxylic acids is 2. The molecule has 28 heavy (non-hydrogen) atoms. The first-order valence-corrected chi connectivity index (χ1v) is 9.54. The highest BCUT2D eigenvalue weighted by molar-refractivity contribution is 6.31. The summed E-state index contributed by atoms with van der Waals surface area (Å²) in [5.74, 6) is -0.836. The van der Waals surface area contributed by atoms with Crippen molar-refractivity contribution in [3.8, 4) is 0 Å². The largest absolute Gasteiger partial charge is 0.350 e. The third-order valence-corrected chi connectivity index (χ3v) is 4.60. The molecule has 0 spiro atoms. The fourth-order valence-corrected chi connectivity index (χ4v) is 2.94. The SMILES string of the molecule is C[C@@H](C(=O)NC(C)(C)C)N(Cc1ccccc1Cl)C(=O)Cc1ccc(F)cc1. The van der Waals surface area contributed by atoms with Crippen molar-refractivity contribution in [2.24, 2.45) is 0 Å². The van der Waals surface area contributed by atoms with Crippen molar-refractivity contribution in [2.45, 2.75) is 52.2 Å². The summed E-state index contributed by atoms with van der Waals surface area (Å²) in [6.07, 6.45) is 0.0673. The van der Waals surface area contributed by atoms with Crippen LogP contribution in [0.3, 0.4) is 0 Å². The van der Waals surface area contributed by atoms with Gasteiger partial charge in [0, 0.05) is 17.1 Å². The van der Waals surface area contributed by atoms with Gasteiger partial charge in [-0.15, -0.1) is 0 Å². The van der Waals surface area contributed by atoms with Crippen LogP contribution in [0, 0.1) is 5.82 Å². The Morgan fingerprint density at radius 2 is 1.71 bits per heavy atom. The molecule has 0 aliphatic heterocycles. The smallest absolute Gasteiger partial charge is 0.242 e. The van der Waals surface area contributed by atoms with Gasteiger partial charge in [0.15, 0.2) is 0 Å². The Kier molecular flexibility index (Phi) is 7.19. The second-order valence-electron chi connectivity index (χ2n) is 7.83. The molecule has 0 bridgehead atoms. The van der Waals surface area contributed by atoms with Gasteiger partial charge in [0.05, 0.1) is 6.42 Å². The molecule has 6 heteroatoms. The molecular weight excluding hydrogens is 379 g/mol. The molecule has 0 saturated heterocycles. The monoisotopic (exact) mass is 404 g/mol. The van der Waals surface area contributed by atoms with Crippen molar-refractivity contribution in [3.05, 3.63) is 70.5 Å². The van der Waals surface area contributed by atoms with Gasteiger partial charge in [-0.2, -0.15) is 0 Å². The fraction of sp³-hybridized carbons (Fsp3) is 0.364. The van der Waals surface area contributed by atoms with E-state index in [0.29, 0.717) is 10.6 Å². The molecule has 0 saturated carbocycles. The molecule has 1 atom stereocenters. The Bertz CT molecular complexity index is 831. The normalized spacial score (nSPS) is 12.4. The second kappa shape index (κ2) is 9.20. The van der Waals surface area contributed by atoms with Crippen molar-refractivity contribution in [2.75, 3.05) is 0 Å². The Morgan fingerprint density at radius 1 is 1.11 bits per heavy atom. The molecule has 0 heterocycles. The van der Waals surface area contributed by atoms with E-state index in [1.165, 1.54) is 17.0 Å². The van der Waals surface area contributed by atoms with Gasteiger partial charge in [-0.1, -0.05) is 41.9 Å². The van der Waals surface area contributed by atoms with Crippen LogP contribution in [0.2, 0.25) is 5.02 Å². The average Bonchev–Trinajstić information content (AvgIpc) is 2.61. The quantitative estimate of drug-likeness (QED) is 0.777. The van der Waals surface area contributed by atoms with E-state index in [0.717, 1.165) is 5.56 Å². The van der Waals surface area contributed by atoms with E-state index in [4.69, 9.17) is 11.6 Å². The number of hydrogen-bond donors (Lipinski definition) is 1. The first-order chi connectivity index (χ1) is 13.1. The van der Waals surface area contributed by atoms with Crippen molar-refractivity contribution in [3.63, 3.8) is 0 Å². The Hall–Kier alpha value is -2.40. The molecule has 2 aromatic rings. The Morgan fingerprint density at radius 3 is 2.29 bits per heavy atom. The van der Waals surface area contributed by atoms with Crippen molar-refractivity contribution >= 4 is 23.4 Å². The van der Waals surface area contributed by atoms with Crippen molar-refractivity contribution < 1.29 is 14.0 Å². The number of carbonyl (C=O) groups is 2. The molecule has 0 unspecified atom stereocenters. The van der Waals surface area contributed by atoms with Crippen LogP contribution in [0.4, 0.5) is 4.39 Å². The topological polar surface area (TPSA) is 49.4 Å². The molecule has 2 aromatic carbocycles. The average molecular weight is 405 g/mol. The minimum absolute atomic E-state index is 0.0673. The van der Waals surface area contributed by atoms with Gasteiger partial charge < -0.3 is 10.2 Å². The van der Waals surface area contributed by atoms with E-state index >= 15 is 0 Å². The van der Waals surface area contributed by atoms with E-state index in [1.807, 2.05) is 39.0 Å². The number of amides is 2. The van der Waals surface area contributed by atoms with Gasteiger partial charge >= 0.3 is 0 Å². The number of benzene rings is 2. The highest BCUT2D eigenvalue weighted by Crippen LogP contribution is 2.20. The minimum Gasteiger partial charge on any atom is -0.350 e. The molecular formula is C22H26ClFN2O2. The molecule has 0 radical (unpaired) electrons. The number of halogens is 2. The summed E-state index contributed by atoms with van der Waals surface area (Å²) in [6.45, 7) is 7.56. The molecule has 0 aromatic heterocycles. The molecule has 0 fully saturated rings. The number of nitrogens with zero attached hydrogens (tertiary/aromatic N) is 1. The van der Waals surface area contributed by atoms with Crippen LogP contribution in [-0.2, 0) is 22.6 Å². The molecule has 150 valence electrons. The second-order valence-corrected chi connectivity index (χ2v) is 8.24. The third kappa shape index (κ3) is 6.34. The molecule has 1 N–H and O–H groups in total. The van der Waals surface area contributed by atoms with E-state index < -0.39 is 11.6 Å². The van der Waals surface area contributed by atoms with Crippen LogP contribution in [0.5, 0.6) is 0 Å². The molecule has 2 rings (SSSR count). The van der Waals surface area contributed by atoms with E-state index in [2.05, 4.69) is 5.32 Å². The van der Waals surface area contributed by atoms with Gasteiger partial charge in [-0.3, -0.25) is 9.59 Å². The molecule has 0 aliphatic rings. The Labute approximate surface area is 170 Å². The van der Waals surface area contributed by atoms with Gasteiger partial charge in [0.1, 0.15) is 11.9 Å². The van der Waals surface area contributed by atoms with Crippen LogP contribution in [0.1, 0.15) is 38.8 Å². The predicted molar refractivity (Wildman–Crippen MR) is 109 cm³/mol. The summed E-state index contributed by atoms with van der Waals surface area (Å²) in [5.41, 5.74) is 1.02. The lowest BCUT2D eigenvalue weighted by molar-refractivity contribution is -0.140. The maximum atomic E-state index is 13.1. The highest BCUT2D eigenvalue weighted by atomic mass is 35.5. The van der Waals surface area contributed by atoms with Crippen LogP contribution in [-0.4, -0.2) is 28.3 Å². The lowest BCUT2D eigenvalue weighted by atomic mass is 10.1. The summed E-state index contributed by atoms with van der Waals surface area (Å²) in [5, 5.41) is 3.44. The van der Waals surface area contributed by atoms with Crippen LogP contribution in [0.25, 0.3) is 0 Å². The van der Waals surface area contributed by atoms with Gasteiger partial charge in [0.2, 0.25) is 11.8 Å². The summed E-state index contributed by atoms with van der Waals surface area (Å²) < 4.78 is 13.1. The molecule has 2 amide bonds. The zero-order valence-electron chi connectivity index (χ0n) is 16.6. The maximum Gasteiger partial charge on any atom is 0.242 e. The number of nitrogens with one attached hydrogen (secondary N) is 1. The maximum absolute atomic E-state index is 13.1. The van der Waals surface area contributed by atoms with Gasteiger partial charge in [0.25, 0.3) is 0 Å². The fourth-order valence-electron chi connectivity index (χ4n) is 2.75. The summed E-state index contributed by atoms with van der Waals surface area (Å²) in [4.78, 5) is 27.2. The first-order valence-electron chi connectivity index (χ1n) is 9.16. The number of rotatable bonds is 6. The predicted octanol–water partition coefficient (Wildman–Crippen LogP) is 4.35. The van der Waals surface area contributed by atoms with E-state index in [1.54, 1.807) is 25.1 Å². The molecule has 4 nitrogen and oxygen atoms in total. The number of hydrogen-bond acceptors (Lipinski definition) is 2. The summed E-state index contributed by atoms with van der Waals surface area (Å²) in [6, 6.07) is 12.3. The van der Waals surface area contributed by atoms with Gasteiger partial charge in [-0.05, 0) is 57.0 Å². The van der Waals surface area contributed by atoms with Crippen LogP contribution < -0.4 is 5.32 Å². The molecule has 0 aliphatic carbocycles. The van der Waals surface area contributed by atoms with Crippen LogP contribution >= 0.6 is 11.6 Å². The van der Waals surface area contributed by atoms with Crippen LogP contribution in [0.15, 0.2) is 48.5 Å². The minimum atomic E-state index is -0.691. The van der Waals surface area contributed by atoms with Crippen molar-refractivity contribution in [1.29, 1.82) is 0 Å². The first kappa shape index (κ1) is 21.9. The highest BCUT2D eigenvalue weighted by Gasteiger charge is 2.28. The van der Waals surface area contributed by atoms with E-state index in [-0.39, 0.29) is 30.6 Å². The summed E-state index contributed by atoms with van der Waals surface area (Å²) in [7, 11) is 0. The standard InChI is InChI=1S/C22H26ClFN2O2/c1-15(21(28)25-22(2,3)4)26(14-17-7-5-6-8-19(17)23)20(27)13-16-9-11-18(24)12-10-16/h5-12,15H,13-14H2,1-4H3,(H,25,28)/t15-/m0/s1. The van der Waals surface area contributed by atoms with Crippen molar-refractivity contribution in [1.82, 2.24) is 10.2 Å². The zero-order valence-corrected chi connectivity index (χ0v) is 17.4. The van der Waals surface area contributed by atoms with E-state index in [9.17, 15) is 14.0 Å². The Balaban J connectivity index is 2.26. The lowest BCUT2D eigenvalue weighted by Gasteiger charge is -2.31.